The van der Waals surface area contributed by atoms with Crippen molar-refractivity contribution in [3.05, 3.63) is 54.6 Å². The molecule has 2 rings (SSSR count). The van der Waals surface area contributed by atoms with Gasteiger partial charge in [0.1, 0.15) is 5.75 Å². The Morgan fingerprint density at radius 2 is 1.50 bits per heavy atom. The normalized spacial score (nSPS) is 11.6. The molecule has 1 atom stereocenters. The van der Waals surface area contributed by atoms with E-state index >= 15 is 0 Å². The van der Waals surface area contributed by atoms with E-state index < -0.39 is 5.97 Å². The molecule has 0 aliphatic rings. The maximum Gasteiger partial charge on any atom is 0.311 e. The molecule has 0 bridgehead atoms. The molecule has 150 valence electrons. The first kappa shape index (κ1) is 21.7. The Morgan fingerprint density at radius 1 is 0.857 bits per heavy atom. The van der Waals surface area contributed by atoms with Gasteiger partial charge < -0.3 is 9.47 Å². The van der Waals surface area contributed by atoms with Gasteiger partial charge in [0, 0.05) is 0 Å². The fraction of sp³-hybridized carbons (Fsp3) is 0.417. The molecule has 0 N–H and O–H groups in total. The van der Waals surface area contributed by atoms with Gasteiger partial charge in [-0.1, -0.05) is 75.6 Å². The fourth-order valence-corrected chi connectivity index (χ4v) is 2.91. The van der Waals surface area contributed by atoms with Crippen molar-refractivity contribution < 1.29 is 19.1 Å². The third kappa shape index (κ3) is 7.55. The molecule has 0 aromatic heterocycles. The Hall–Kier alpha value is -2.62. The minimum Gasteiger partial charge on any atom is -0.465 e. The van der Waals surface area contributed by atoms with E-state index in [-0.39, 0.29) is 18.8 Å². The van der Waals surface area contributed by atoms with Gasteiger partial charge in [-0.3, -0.25) is 9.59 Å². The first-order chi connectivity index (χ1) is 13.6. The highest BCUT2D eigenvalue weighted by Crippen LogP contribution is 2.22. The molecular weight excluding hydrogens is 352 g/mol. The van der Waals surface area contributed by atoms with Crippen LogP contribution in [0.1, 0.15) is 52.4 Å². The molecule has 0 aliphatic heterocycles. The quantitative estimate of drug-likeness (QED) is 0.364. The van der Waals surface area contributed by atoms with Gasteiger partial charge in [0.25, 0.3) is 0 Å². The summed E-state index contributed by atoms with van der Waals surface area (Å²) in [6.45, 7) is 4.69. The number of hydrogen-bond acceptors (Lipinski definition) is 4. The van der Waals surface area contributed by atoms with Gasteiger partial charge in [-0.15, -0.1) is 0 Å². The van der Waals surface area contributed by atoms with Crippen LogP contribution in [0.2, 0.25) is 0 Å². The zero-order valence-electron chi connectivity index (χ0n) is 16.9. The molecule has 0 heterocycles. The van der Waals surface area contributed by atoms with Gasteiger partial charge in [0.05, 0.1) is 19.4 Å². The fourth-order valence-electron chi connectivity index (χ4n) is 2.91. The molecule has 0 radical (unpaired) electrons. The number of ether oxygens (including phenoxy) is 2. The van der Waals surface area contributed by atoms with Crippen LogP contribution < -0.4 is 4.74 Å². The molecule has 4 heteroatoms. The smallest absolute Gasteiger partial charge is 0.311 e. The van der Waals surface area contributed by atoms with Crippen LogP contribution in [-0.4, -0.2) is 18.5 Å². The van der Waals surface area contributed by atoms with E-state index in [1.807, 2.05) is 42.5 Å². The second kappa shape index (κ2) is 12.0. The van der Waals surface area contributed by atoms with Gasteiger partial charge >= 0.3 is 11.9 Å². The average molecular weight is 382 g/mol. The summed E-state index contributed by atoms with van der Waals surface area (Å²) in [5.74, 6) is 0.108. The summed E-state index contributed by atoms with van der Waals surface area (Å²) in [5.41, 5.74) is 2.16. The van der Waals surface area contributed by atoms with E-state index in [9.17, 15) is 9.59 Å². The standard InChI is InChI=1S/C24H30O4/c1-3-5-9-19(4-2)18-27-23(25)16-17-24(26)28-22-14-12-21(13-15-22)20-10-7-6-8-11-20/h6-8,10-15,19H,3-5,9,16-18H2,1-2H3. The summed E-state index contributed by atoms with van der Waals surface area (Å²) in [4.78, 5) is 23.8. The maximum absolute atomic E-state index is 12.0. The van der Waals surface area contributed by atoms with Crippen LogP contribution in [0, 0.1) is 5.92 Å². The molecule has 0 spiro atoms. The first-order valence-electron chi connectivity index (χ1n) is 10.1. The summed E-state index contributed by atoms with van der Waals surface area (Å²) in [6, 6.07) is 17.3. The van der Waals surface area contributed by atoms with Crippen molar-refractivity contribution in [1.29, 1.82) is 0 Å². The van der Waals surface area contributed by atoms with E-state index in [1.165, 1.54) is 0 Å². The number of benzene rings is 2. The van der Waals surface area contributed by atoms with Crippen molar-refractivity contribution in [3.8, 4) is 16.9 Å². The minimum atomic E-state index is -0.428. The lowest BCUT2D eigenvalue weighted by Gasteiger charge is -2.14. The lowest BCUT2D eigenvalue weighted by Crippen LogP contribution is -2.16. The number of unbranched alkanes of at least 4 members (excludes halogenated alkanes) is 1. The molecule has 2 aromatic rings. The molecule has 0 saturated heterocycles. The number of carbonyl (C=O) groups is 2. The number of carbonyl (C=O) groups excluding carboxylic acids is 2. The van der Waals surface area contributed by atoms with Crippen molar-refractivity contribution in [3.63, 3.8) is 0 Å². The van der Waals surface area contributed by atoms with Crippen LogP contribution >= 0.6 is 0 Å². The van der Waals surface area contributed by atoms with Gasteiger partial charge in [-0.25, -0.2) is 0 Å². The maximum atomic E-state index is 12.0. The minimum absolute atomic E-state index is 0.0189. The highest BCUT2D eigenvalue weighted by atomic mass is 16.5. The molecule has 1 unspecified atom stereocenters. The van der Waals surface area contributed by atoms with E-state index in [0.717, 1.165) is 36.8 Å². The third-order valence-corrected chi connectivity index (χ3v) is 4.75. The van der Waals surface area contributed by atoms with E-state index in [0.29, 0.717) is 18.3 Å². The topological polar surface area (TPSA) is 52.6 Å². The molecule has 4 nitrogen and oxygen atoms in total. The van der Waals surface area contributed by atoms with Gasteiger partial charge in [-0.2, -0.15) is 0 Å². The predicted molar refractivity (Wildman–Crippen MR) is 111 cm³/mol. The van der Waals surface area contributed by atoms with Crippen LogP contribution in [0.15, 0.2) is 54.6 Å². The highest BCUT2D eigenvalue weighted by Gasteiger charge is 2.13. The zero-order valence-corrected chi connectivity index (χ0v) is 16.9. The zero-order chi connectivity index (χ0) is 20.2. The predicted octanol–water partition coefficient (Wildman–Crippen LogP) is 5.80. The Balaban J connectivity index is 1.72. The number of esters is 2. The summed E-state index contributed by atoms with van der Waals surface area (Å²) in [7, 11) is 0. The van der Waals surface area contributed by atoms with E-state index in [2.05, 4.69) is 13.8 Å². The monoisotopic (exact) mass is 382 g/mol. The molecule has 0 saturated carbocycles. The van der Waals surface area contributed by atoms with Gasteiger partial charge in [0.15, 0.2) is 0 Å². The van der Waals surface area contributed by atoms with Crippen LogP contribution in [0.4, 0.5) is 0 Å². The Labute approximate surface area is 167 Å². The molecular formula is C24H30O4. The number of rotatable bonds is 11. The highest BCUT2D eigenvalue weighted by molar-refractivity contribution is 5.79. The molecule has 28 heavy (non-hydrogen) atoms. The lowest BCUT2D eigenvalue weighted by molar-refractivity contribution is -0.148. The average Bonchev–Trinajstić information content (AvgIpc) is 2.73. The third-order valence-electron chi connectivity index (χ3n) is 4.75. The summed E-state index contributed by atoms with van der Waals surface area (Å²) in [5, 5.41) is 0. The summed E-state index contributed by atoms with van der Waals surface area (Å²) >= 11 is 0. The molecule has 0 aliphatic carbocycles. The van der Waals surface area contributed by atoms with Crippen molar-refractivity contribution in [2.24, 2.45) is 5.92 Å². The van der Waals surface area contributed by atoms with Crippen molar-refractivity contribution in [1.82, 2.24) is 0 Å². The second-order valence-electron chi connectivity index (χ2n) is 6.96. The van der Waals surface area contributed by atoms with Crippen LogP contribution in [0.3, 0.4) is 0 Å². The van der Waals surface area contributed by atoms with Gasteiger partial charge in [-0.05, 0) is 35.6 Å². The first-order valence-corrected chi connectivity index (χ1v) is 10.1. The van der Waals surface area contributed by atoms with Crippen LogP contribution in [0.25, 0.3) is 11.1 Å². The summed E-state index contributed by atoms with van der Waals surface area (Å²) in [6.07, 6.45) is 4.42. The van der Waals surface area contributed by atoms with Crippen LogP contribution in [0.5, 0.6) is 5.75 Å². The van der Waals surface area contributed by atoms with Crippen molar-refractivity contribution in [2.75, 3.05) is 6.61 Å². The molecule has 0 amide bonds. The SMILES string of the molecule is CCCCC(CC)COC(=O)CCC(=O)Oc1ccc(-c2ccccc2)cc1. The Morgan fingerprint density at radius 3 is 2.14 bits per heavy atom. The Kier molecular flexibility index (Phi) is 9.26. The van der Waals surface area contributed by atoms with Gasteiger partial charge in [0.2, 0.25) is 0 Å². The lowest BCUT2D eigenvalue weighted by atomic mass is 10.0. The second-order valence-corrected chi connectivity index (χ2v) is 6.96. The van der Waals surface area contributed by atoms with Crippen LogP contribution in [-0.2, 0) is 14.3 Å². The molecule has 2 aromatic carbocycles. The van der Waals surface area contributed by atoms with Crippen molar-refractivity contribution in [2.45, 2.75) is 52.4 Å². The van der Waals surface area contributed by atoms with E-state index in [1.54, 1.807) is 12.1 Å². The van der Waals surface area contributed by atoms with Crippen molar-refractivity contribution >= 4 is 11.9 Å². The van der Waals surface area contributed by atoms with E-state index in [4.69, 9.17) is 9.47 Å². The largest absolute Gasteiger partial charge is 0.465 e. The number of hydrogen-bond donors (Lipinski definition) is 0. The molecule has 0 fully saturated rings. The summed E-state index contributed by atoms with van der Waals surface area (Å²) < 4.78 is 10.6. The Bertz CT molecular complexity index is 722.